The van der Waals surface area contributed by atoms with Crippen molar-refractivity contribution in [2.24, 2.45) is 0 Å². The van der Waals surface area contributed by atoms with E-state index in [0.29, 0.717) is 42.9 Å². The van der Waals surface area contributed by atoms with Gasteiger partial charge in [0.1, 0.15) is 18.2 Å². The van der Waals surface area contributed by atoms with Gasteiger partial charge in [0, 0.05) is 26.6 Å². The van der Waals surface area contributed by atoms with Gasteiger partial charge < -0.3 is 24.9 Å². The summed E-state index contributed by atoms with van der Waals surface area (Å²) < 4.78 is 25.8. The summed E-state index contributed by atoms with van der Waals surface area (Å²) >= 11 is 0. The van der Waals surface area contributed by atoms with Crippen LogP contribution in [0.3, 0.4) is 0 Å². The molecule has 0 radical (unpaired) electrons. The summed E-state index contributed by atoms with van der Waals surface area (Å²) in [7, 11) is -1.87. The van der Waals surface area contributed by atoms with E-state index in [1.165, 1.54) is 13.4 Å². The second kappa shape index (κ2) is 23.7. The first-order valence-electron chi connectivity index (χ1n) is 16.0. The first-order valence-corrected chi connectivity index (χ1v) is 17.8. The van der Waals surface area contributed by atoms with Gasteiger partial charge in [-0.3, -0.25) is 9.36 Å². The fraction of sp³-hybridized carbons (Fsp3) is 0.471. The first-order chi connectivity index (χ1) is 22.4. The molecule has 2 aromatic heterocycles. The van der Waals surface area contributed by atoms with E-state index in [0.717, 1.165) is 38.5 Å². The van der Waals surface area contributed by atoms with Crippen LogP contribution in [0.1, 0.15) is 65.2 Å². The zero-order chi connectivity index (χ0) is 33.3. The van der Waals surface area contributed by atoms with Crippen molar-refractivity contribution >= 4 is 30.4 Å². The molecule has 0 fully saturated rings. The predicted octanol–water partition coefficient (Wildman–Crippen LogP) is 6.79. The maximum absolute atomic E-state index is 13.0. The van der Waals surface area contributed by atoms with Crippen LogP contribution in [0.15, 0.2) is 85.6 Å². The highest BCUT2D eigenvalue weighted by atomic mass is 31.2. The number of fused-ring (bicyclic) bond motifs is 1. The number of nitrogens with zero attached hydrogens (tertiary/aromatic N) is 4. The van der Waals surface area contributed by atoms with E-state index >= 15 is 0 Å². The van der Waals surface area contributed by atoms with E-state index in [-0.39, 0.29) is 24.9 Å². The van der Waals surface area contributed by atoms with E-state index in [1.807, 2.05) is 13.0 Å². The molecule has 11 nitrogen and oxygen atoms in total. The number of ether oxygens (including phenoxy) is 1. The lowest BCUT2D eigenvalue weighted by Crippen LogP contribution is -2.31. The van der Waals surface area contributed by atoms with Gasteiger partial charge in [0.15, 0.2) is 11.5 Å². The Kier molecular flexibility index (Phi) is 19.8. The number of imidazole rings is 1. The standard InChI is InChI=1S/C34H52N7O4P/c1-4-5-6-7-8-9-10-11-12-13-14-15-16-17-18-19-20-21-22-23-31(42)36-24-25-40-46(43,44-3)29-45-30(2)26-41-28-39-32-33(35)37-27-38-34(32)41/h5-6,8-9,11-12,14-15,17-18,20-21,27-28,30H,4,7,10,13,16,19,22-26,29H2,1-3H3,(H,36,42)(H,40,43)(H2,35,37,38). The number of amides is 1. The molecule has 0 spiro atoms. The Labute approximate surface area is 274 Å². The number of nitrogens with one attached hydrogen (secondary N) is 2. The Morgan fingerprint density at radius 2 is 1.50 bits per heavy atom. The number of carbonyl (C=O) groups excluding carboxylic acids is 1. The monoisotopic (exact) mass is 653 g/mol. The third kappa shape index (κ3) is 16.6. The summed E-state index contributed by atoms with van der Waals surface area (Å²) in [4.78, 5) is 24.5. The van der Waals surface area contributed by atoms with Crippen molar-refractivity contribution in [1.29, 1.82) is 0 Å². The van der Waals surface area contributed by atoms with Crippen molar-refractivity contribution in [2.45, 2.75) is 77.9 Å². The number of anilines is 1. The van der Waals surface area contributed by atoms with Crippen LogP contribution in [-0.4, -0.2) is 58.1 Å². The van der Waals surface area contributed by atoms with Gasteiger partial charge in [0.05, 0.1) is 19.0 Å². The molecule has 2 heterocycles. The minimum Gasteiger partial charge on any atom is -0.382 e. The normalized spacial score (nSPS) is 14.7. The van der Waals surface area contributed by atoms with Gasteiger partial charge in [-0.25, -0.2) is 20.0 Å². The summed E-state index contributed by atoms with van der Waals surface area (Å²) in [5, 5.41) is 5.72. The van der Waals surface area contributed by atoms with Crippen molar-refractivity contribution in [3.63, 3.8) is 0 Å². The summed E-state index contributed by atoms with van der Waals surface area (Å²) in [5.41, 5.74) is 6.97. The SMILES string of the molecule is CCC=CCC=CCC=CCC=CCC=CCC=CCCC(=O)NCCNP(=O)(COC(C)Cn1cnc2c(N)ncnc21)OC. The molecule has 1 amide bonds. The van der Waals surface area contributed by atoms with Crippen LogP contribution in [0.5, 0.6) is 0 Å². The lowest BCUT2D eigenvalue weighted by atomic mass is 10.2. The van der Waals surface area contributed by atoms with Crippen molar-refractivity contribution in [2.75, 3.05) is 32.3 Å². The van der Waals surface area contributed by atoms with Gasteiger partial charge in [0.25, 0.3) is 7.52 Å². The lowest BCUT2D eigenvalue weighted by Gasteiger charge is -2.21. The average molecular weight is 654 g/mol. The number of hydrogen-bond acceptors (Lipinski definition) is 8. The second-order valence-corrected chi connectivity index (χ2v) is 12.8. The Hall–Kier alpha value is -3.63. The lowest BCUT2D eigenvalue weighted by molar-refractivity contribution is -0.120. The maximum atomic E-state index is 13.0. The highest BCUT2D eigenvalue weighted by Crippen LogP contribution is 2.41. The van der Waals surface area contributed by atoms with E-state index in [4.69, 9.17) is 15.0 Å². The molecule has 12 heteroatoms. The van der Waals surface area contributed by atoms with E-state index in [1.54, 1.807) is 10.9 Å². The third-order valence-electron chi connectivity index (χ3n) is 6.64. The fourth-order valence-corrected chi connectivity index (χ4v) is 5.35. The predicted molar refractivity (Wildman–Crippen MR) is 188 cm³/mol. The first kappa shape index (κ1) is 38.6. The topological polar surface area (TPSA) is 146 Å². The fourth-order valence-electron chi connectivity index (χ4n) is 4.12. The van der Waals surface area contributed by atoms with Gasteiger partial charge in [-0.2, -0.15) is 0 Å². The molecule has 0 bridgehead atoms. The van der Waals surface area contributed by atoms with E-state index in [2.05, 4.69) is 99.1 Å². The van der Waals surface area contributed by atoms with Gasteiger partial charge in [0.2, 0.25) is 5.91 Å². The van der Waals surface area contributed by atoms with Crippen LogP contribution in [0.2, 0.25) is 0 Å². The molecular weight excluding hydrogens is 601 g/mol. The number of aromatic nitrogens is 4. The van der Waals surface area contributed by atoms with Gasteiger partial charge in [-0.1, -0.05) is 79.8 Å². The molecule has 2 atom stereocenters. The largest absolute Gasteiger partial charge is 0.382 e. The minimum atomic E-state index is -3.24. The zero-order valence-electron chi connectivity index (χ0n) is 27.6. The molecule has 0 aromatic carbocycles. The molecule has 2 unspecified atom stereocenters. The molecule has 252 valence electrons. The molecule has 0 saturated heterocycles. The zero-order valence-corrected chi connectivity index (χ0v) is 28.5. The number of rotatable bonds is 24. The molecule has 0 aliphatic heterocycles. The van der Waals surface area contributed by atoms with Crippen LogP contribution < -0.4 is 16.1 Å². The molecule has 0 aliphatic rings. The van der Waals surface area contributed by atoms with Crippen LogP contribution in [-0.2, 0) is 25.2 Å². The van der Waals surface area contributed by atoms with Gasteiger partial charge in [-0.05, 0) is 51.9 Å². The Morgan fingerprint density at radius 1 is 0.913 bits per heavy atom. The number of carbonyl (C=O) groups is 1. The highest BCUT2D eigenvalue weighted by molar-refractivity contribution is 7.56. The van der Waals surface area contributed by atoms with Crippen molar-refractivity contribution in [1.82, 2.24) is 29.9 Å². The van der Waals surface area contributed by atoms with Crippen LogP contribution >= 0.6 is 7.52 Å². The Balaban J connectivity index is 1.50. The number of hydrogen-bond donors (Lipinski definition) is 3. The average Bonchev–Trinajstić information content (AvgIpc) is 3.47. The maximum Gasteiger partial charge on any atom is 0.294 e. The van der Waals surface area contributed by atoms with Crippen LogP contribution in [0.25, 0.3) is 11.2 Å². The minimum absolute atomic E-state index is 0.0598. The number of allylic oxidation sites excluding steroid dienone is 12. The third-order valence-corrected chi connectivity index (χ3v) is 8.43. The molecule has 2 rings (SSSR count). The van der Waals surface area contributed by atoms with Gasteiger partial charge in [-0.15, -0.1) is 0 Å². The molecule has 2 aromatic rings. The molecule has 0 saturated carbocycles. The Morgan fingerprint density at radius 3 is 2.09 bits per heavy atom. The van der Waals surface area contributed by atoms with E-state index in [9.17, 15) is 9.36 Å². The van der Waals surface area contributed by atoms with Crippen molar-refractivity contribution in [3.05, 3.63) is 85.6 Å². The molecule has 4 N–H and O–H groups in total. The molecular formula is C34H52N7O4P. The summed E-state index contributed by atoms with van der Waals surface area (Å²) in [6.45, 7) is 5.05. The Bertz CT molecular complexity index is 1380. The second-order valence-electron chi connectivity index (χ2n) is 10.5. The summed E-state index contributed by atoms with van der Waals surface area (Å²) in [6, 6.07) is 0. The smallest absolute Gasteiger partial charge is 0.294 e. The highest BCUT2D eigenvalue weighted by Gasteiger charge is 2.23. The van der Waals surface area contributed by atoms with E-state index < -0.39 is 7.52 Å². The molecule has 46 heavy (non-hydrogen) atoms. The van der Waals surface area contributed by atoms with Crippen LogP contribution in [0.4, 0.5) is 5.82 Å². The summed E-state index contributed by atoms with van der Waals surface area (Å²) in [5.74, 6) is 0.252. The number of nitrogen functional groups attached to an aromatic ring is 1. The van der Waals surface area contributed by atoms with Gasteiger partial charge >= 0.3 is 0 Å². The molecule has 0 aliphatic carbocycles. The number of nitrogens with two attached hydrogens (primary N) is 1. The van der Waals surface area contributed by atoms with Crippen molar-refractivity contribution in [3.8, 4) is 0 Å². The van der Waals surface area contributed by atoms with Crippen molar-refractivity contribution < 1.29 is 18.6 Å². The summed E-state index contributed by atoms with van der Waals surface area (Å²) in [6.07, 6.45) is 35.3. The quantitative estimate of drug-likeness (QED) is 0.0633. The van der Waals surface area contributed by atoms with Crippen LogP contribution in [0, 0.1) is 0 Å².